The number of pyridine rings is 1. The number of carbonyl (C=O) groups is 4. The first kappa shape index (κ1) is 29.5. The number of aromatic nitrogens is 1. The van der Waals surface area contributed by atoms with Crippen LogP contribution >= 0.6 is 11.3 Å². The minimum absolute atomic E-state index is 0.0635. The van der Waals surface area contributed by atoms with Crippen LogP contribution in [0, 0.1) is 0 Å². The molecule has 0 radical (unpaired) electrons. The summed E-state index contributed by atoms with van der Waals surface area (Å²) in [4.78, 5) is 59.3. The van der Waals surface area contributed by atoms with Crippen molar-refractivity contribution in [3.63, 3.8) is 0 Å². The SMILES string of the molecule is O=C(O)CC(NC(=O)c1ccc(N2CCN(C(=O)Cc3ccccc3)CC2)c(NC(=O)c2cccs2)c1)c1cccnc1. The molecule has 2 aromatic carbocycles. The fraction of sp³-hybridized carbons (Fsp3) is 0.219. The fourth-order valence-corrected chi connectivity index (χ4v) is 5.59. The standard InChI is InChI=1S/C32H31N5O5S/c38-29(18-22-6-2-1-3-7-22)37-15-13-36(14-16-37)27-11-10-23(19-26(27)35-32(42)28-9-5-17-43-28)31(41)34-25(20-30(39)40)24-8-4-12-33-21-24/h1-12,17,19,21,25H,13-16,18,20H2,(H,34,41)(H,35,42)(H,39,40). The second kappa shape index (κ2) is 13.8. The van der Waals surface area contributed by atoms with E-state index in [1.54, 1.807) is 48.7 Å². The number of thiophene rings is 1. The third-order valence-corrected chi connectivity index (χ3v) is 8.06. The van der Waals surface area contributed by atoms with Gasteiger partial charge in [-0.05, 0) is 46.8 Å². The Bertz CT molecular complexity index is 1570. The summed E-state index contributed by atoms with van der Waals surface area (Å²) in [6, 6.07) is 20.8. The molecule has 3 N–H and O–H groups in total. The number of anilines is 2. The largest absolute Gasteiger partial charge is 0.481 e. The van der Waals surface area contributed by atoms with Gasteiger partial charge in [0.2, 0.25) is 5.91 Å². The van der Waals surface area contributed by atoms with E-state index in [0.29, 0.717) is 48.7 Å². The van der Waals surface area contributed by atoms with Crippen LogP contribution in [0.5, 0.6) is 0 Å². The summed E-state index contributed by atoms with van der Waals surface area (Å²) < 4.78 is 0. The second-order valence-corrected chi connectivity index (χ2v) is 11.1. The van der Waals surface area contributed by atoms with Gasteiger partial charge in [-0.3, -0.25) is 24.2 Å². The van der Waals surface area contributed by atoms with E-state index >= 15 is 0 Å². The number of nitrogens with one attached hydrogen (secondary N) is 2. The van der Waals surface area contributed by atoms with E-state index in [-0.39, 0.29) is 23.8 Å². The van der Waals surface area contributed by atoms with Gasteiger partial charge in [-0.2, -0.15) is 0 Å². The van der Waals surface area contributed by atoms with Crippen molar-refractivity contribution in [1.29, 1.82) is 0 Å². The van der Waals surface area contributed by atoms with Gasteiger partial charge in [-0.15, -0.1) is 11.3 Å². The van der Waals surface area contributed by atoms with Crippen LogP contribution in [-0.2, 0) is 16.0 Å². The maximum atomic E-state index is 13.3. The molecule has 0 bridgehead atoms. The molecule has 1 aliphatic rings. The van der Waals surface area contributed by atoms with E-state index in [2.05, 4.69) is 20.5 Å². The minimum atomic E-state index is -1.06. The van der Waals surface area contributed by atoms with Crippen molar-refractivity contribution in [2.45, 2.75) is 18.9 Å². The number of carboxylic acid groups (broad SMARTS) is 1. The van der Waals surface area contributed by atoms with Crippen LogP contribution in [0.4, 0.5) is 11.4 Å². The lowest BCUT2D eigenvalue weighted by Gasteiger charge is -2.37. The number of rotatable bonds is 10. The molecule has 0 saturated carbocycles. The Balaban J connectivity index is 1.34. The summed E-state index contributed by atoms with van der Waals surface area (Å²) in [7, 11) is 0. The van der Waals surface area contributed by atoms with Crippen LogP contribution in [0.3, 0.4) is 0 Å². The van der Waals surface area contributed by atoms with Gasteiger partial charge < -0.3 is 25.5 Å². The number of aliphatic carboxylic acids is 1. The average molecular weight is 598 g/mol. The molecule has 3 amide bonds. The van der Waals surface area contributed by atoms with Crippen LogP contribution < -0.4 is 15.5 Å². The van der Waals surface area contributed by atoms with E-state index in [9.17, 15) is 24.3 Å². The fourth-order valence-electron chi connectivity index (χ4n) is 4.97. The third-order valence-electron chi connectivity index (χ3n) is 7.19. The summed E-state index contributed by atoms with van der Waals surface area (Å²) in [5, 5.41) is 17.0. The molecule has 10 nitrogen and oxygen atoms in total. The number of piperazine rings is 1. The molecule has 3 heterocycles. The van der Waals surface area contributed by atoms with Crippen LogP contribution in [0.25, 0.3) is 0 Å². The molecule has 2 aromatic heterocycles. The Morgan fingerprint density at radius 3 is 2.37 bits per heavy atom. The van der Waals surface area contributed by atoms with Crippen molar-refractivity contribution >= 4 is 46.4 Å². The molecule has 0 spiro atoms. The van der Waals surface area contributed by atoms with E-state index in [0.717, 1.165) is 11.3 Å². The van der Waals surface area contributed by atoms with Crippen molar-refractivity contribution in [2.24, 2.45) is 0 Å². The van der Waals surface area contributed by atoms with Crippen molar-refractivity contribution in [1.82, 2.24) is 15.2 Å². The average Bonchev–Trinajstić information content (AvgIpc) is 3.57. The number of amides is 3. The summed E-state index contributed by atoms with van der Waals surface area (Å²) in [6.45, 7) is 2.15. The van der Waals surface area contributed by atoms with Gasteiger partial charge in [0.15, 0.2) is 0 Å². The van der Waals surface area contributed by atoms with Gasteiger partial charge in [-0.25, -0.2) is 0 Å². The molecule has 1 atom stereocenters. The van der Waals surface area contributed by atoms with E-state index in [4.69, 9.17) is 0 Å². The zero-order chi connectivity index (χ0) is 30.2. The maximum Gasteiger partial charge on any atom is 0.305 e. The first-order chi connectivity index (χ1) is 20.9. The Hall–Kier alpha value is -5.03. The number of carboxylic acids is 1. The predicted octanol–water partition coefficient (Wildman–Crippen LogP) is 4.23. The van der Waals surface area contributed by atoms with Gasteiger partial charge in [0.25, 0.3) is 11.8 Å². The highest BCUT2D eigenvalue weighted by molar-refractivity contribution is 7.12. The zero-order valence-corrected chi connectivity index (χ0v) is 24.1. The number of benzene rings is 2. The molecule has 1 fully saturated rings. The van der Waals surface area contributed by atoms with E-state index < -0.39 is 17.9 Å². The molecule has 11 heteroatoms. The van der Waals surface area contributed by atoms with Crippen molar-refractivity contribution in [2.75, 3.05) is 36.4 Å². The van der Waals surface area contributed by atoms with Crippen LogP contribution in [0.1, 0.15) is 43.6 Å². The topological polar surface area (TPSA) is 132 Å². The highest BCUT2D eigenvalue weighted by Crippen LogP contribution is 2.30. The molecule has 1 saturated heterocycles. The van der Waals surface area contributed by atoms with Crippen molar-refractivity contribution in [3.05, 3.63) is 112 Å². The highest BCUT2D eigenvalue weighted by atomic mass is 32.1. The van der Waals surface area contributed by atoms with Crippen molar-refractivity contribution < 1.29 is 24.3 Å². The molecular weight excluding hydrogens is 566 g/mol. The molecule has 5 rings (SSSR count). The number of hydrogen-bond acceptors (Lipinski definition) is 7. The van der Waals surface area contributed by atoms with Crippen LogP contribution in [0.2, 0.25) is 0 Å². The minimum Gasteiger partial charge on any atom is -0.481 e. The lowest BCUT2D eigenvalue weighted by atomic mass is 10.0. The molecule has 4 aromatic rings. The smallest absolute Gasteiger partial charge is 0.305 e. The van der Waals surface area contributed by atoms with E-state index in [1.807, 2.05) is 40.6 Å². The second-order valence-electron chi connectivity index (χ2n) is 10.1. The van der Waals surface area contributed by atoms with Gasteiger partial charge >= 0.3 is 5.97 Å². The summed E-state index contributed by atoms with van der Waals surface area (Å²) >= 11 is 1.31. The Morgan fingerprint density at radius 2 is 1.70 bits per heavy atom. The summed E-state index contributed by atoms with van der Waals surface area (Å²) in [5.74, 6) is -1.78. The lowest BCUT2D eigenvalue weighted by Crippen LogP contribution is -2.49. The Morgan fingerprint density at radius 1 is 0.907 bits per heavy atom. The molecular formula is C32H31N5O5S. The van der Waals surface area contributed by atoms with Crippen LogP contribution in [0.15, 0.2) is 90.6 Å². The Labute approximate surface area is 253 Å². The molecule has 0 aliphatic carbocycles. The van der Waals surface area contributed by atoms with Gasteiger partial charge in [-0.1, -0.05) is 42.5 Å². The highest BCUT2D eigenvalue weighted by Gasteiger charge is 2.25. The molecule has 43 heavy (non-hydrogen) atoms. The maximum absolute atomic E-state index is 13.3. The normalized spacial score (nSPS) is 13.7. The monoisotopic (exact) mass is 597 g/mol. The quantitative estimate of drug-likeness (QED) is 0.249. The predicted molar refractivity (Wildman–Crippen MR) is 164 cm³/mol. The molecule has 1 unspecified atom stereocenters. The van der Waals surface area contributed by atoms with E-state index in [1.165, 1.54) is 17.5 Å². The first-order valence-corrected chi connectivity index (χ1v) is 14.7. The Kier molecular flexibility index (Phi) is 9.42. The summed E-state index contributed by atoms with van der Waals surface area (Å²) in [5.41, 5.74) is 2.98. The number of carbonyl (C=O) groups excluding carboxylic acids is 3. The van der Waals surface area contributed by atoms with Gasteiger partial charge in [0, 0.05) is 44.1 Å². The molecule has 1 aliphatic heterocycles. The van der Waals surface area contributed by atoms with Gasteiger partial charge in [0.05, 0.1) is 35.1 Å². The summed E-state index contributed by atoms with van der Waals surface area (Å²) in [6.07, 6.45) is 3.12. The first-order valence-electron chi connectivity index (χ1n) is 13.9. The number of hydrogen-bond donors (Lipinski definition) is 3. The van der Waals surface area contributed by atoms with Gasteiger partial charge in [0.1, 0.15) is 0 Å². The molecule has 220 valence electrons. The zero-order valence-electron chi connectivity index (χ0n) is 23.3. The van der Waals surface area contributed by atoms with Crippen molar-refractivity contribution in [3.8, 4) is 0 Å². The lowest BCUT2D eigenvalue weighted by molar-refractivity contribution is -0.137. The number of nitrogens with zero attached hydrogens (tertiary/aromatic N) is 3. The van der Waals surface area contributed by atoms with Crippen LogP contribution in [-0.4, -0.2) is 64.9 Å². The third kappa shape index (κ3) is 7.63.